The van der Waals surface area contributed by atoms with Gasteiger partial charge in [-0.2, -0.15) is 0 Å². The molecule has 0 aliphatic carbocycles. The average molecular weight is 248 g/mol. The van der Waals surface area contributed by atoms with Gasteiger partial charge in [0.1, 0.15) is 12.4 Å². The van der Waals surface area contributed by atoms with Gasteiger partial charge in [-0.15, -0.1) is 0 Å². The Morgan fingerprint density at radius 3 is 2.94 bits per heavy atom. The summed E-state index contributed by atoms with van der Waals surface area (Å²) in [4.78, 5) is 10.9. The minimum Gasteiger partial charge on any atom is -0.491 e. The molecule has 1 aromatic carbocycles. The van der Waals surface area contributed by atoms with Crippen molar-refractivity contribution in [1.29, 1.82) is 0 Å². The molecule has 3 N–H and O–H groups in total. The van der Waals surface area contributed by atoms with Gasteiger partial charge >= 0.3 is 5.97 Å². The summed E-state index contributed by atoms with van der Waals surface area (Å²) in [6.45, 7) is 1.96. The predicted octanol–water partition coefficient (Wildman–Crippen LogP) is 0.526. The smallest absolute Gasteiger partial charge is 0.305 e. The van der Waals surface area contributed by atoms with Crippen LogP contribution in [0.4, 0.5) is 0 Å². The summed E-state index contributed by atoms with van der Waals surface area (Å²) in [5, 5.41) is 15.6. The standard InChI is InChI=1S/C13H16N2O3/c16-12(17)5-13(7-14-8-13)15-10-6-18-11-4-2-1-3-9(10)11/h1-4,10,14-15H,5-8H2,(H,16,17). The van der Waals surface area contributed by atoms with Crippen LogP contribution >= 0.6 is 0 Å². The van der Waals surface area contributed by atoms with Crippen LogP contribution in [0.3, 0.4) is 0 Å². The fourth-order valence-corrected chi connectivity index (χ4v) is 2.65. The molecule has 1 saturated heterocycles. The number of hydrogen-bond donors (Lipinski definition) is 3. The summed E-state index contributed by atoms with van der Waals surface area (Å²) in [5.41, 5.74) is 0.784. The molecule has 1 atom stereocenters. The van der Waals surface area contributed by atoms with E-state index >= 15 is 0 Å². The number of ether oxygens (including phenoxy) is 1. The Bertz CT molecular complexity index is 471. The SMILES string of the molecule is O=C(O)CC1(NC2COc3ccccc32)CNC1. The third kappa shape index (κ3) is 1.95. The Kier molecular flexibility index (Phi) is 2.72. The maximum absolute atomic E-state index is 10.9. The summed E-state index contributed by atoms with van der Waals surface area (Å²) < 4.78 is 5.60. The van der Waals surface area contributed by atoms with E-state index in [-0.39, 0.29) is 18.0 Å². The second kappa shape index (κ2) is 4.26. The molecule has 18 heavy (non-hydrogen) atoms. The number of aliphatic carboxylic acids is 1. The van der Waals surface area contributed by atoms with Crippen molar-refractivity contribution in [1.82, 2.24) is 10.6 Å². The third-order valence-corrected chi connectivity index (χ3v) is 3.60. The molecule has 2 aliphatic rings. The Labute approximate surface area is 105 Å². The van der Waals surface area contributed by atoms with E-state index in [1.807, 2.05) is 24.3 Å². The monoisotopic (exact) mass is 248 g/mol. The minimum atomic E-state index is -0.767. The quantitative estimate of drug-likeness (QED) is 0.725. The first-order chi connectivity index (χ1) is 8.69. The van der Waals surface area contributed by atoms with E-state index in [1.54, 1.807) is 0 Å². The summed E-state index contributed by atoms with van der Waals surface area (Å²) in [7, 11) is 0. The van der Waals surface area contributed by atoms with Gasteiger partial charge in [0, 0.05) is 18.7 Å². The molecule has 2 aliphatic heterocycles. The lowest BCUT2D eigenvalue weighted by Crippen LogP contribution is -2.69. The molecule has 96 valence electrons. The van der Waals surface area contributed by atoms with Crippen molar-refractivity contribution in [2.75, 3.05) is 19.7 Å². The van der Waals surface area contributed by atoms with Crippen LogP contribution in [0.5, 0.6) is 5.75 Å². The molecule has 0 bridgehead atoms. The third-order valence-electron chi connectivity index (χ3n) is 3.60. The van der Waals surface area contributed by atoms with Crippen LogP contribution in [0.2, 0.25) is 0 Å². The van der Waals surface area contributed by atoms with Crippen molar-refractivity contribution >= 4 is 5.97 Å². The number of nitrogens with one attached hydrogen (secondary N) is 2. The molecule has 1 aromatic rings. The molecule has 0 amide bonds. The van der Waals surface area contributed by atoms with Crippen LogP contribution < -0.4 is 15.4 Å². The first-order valence-corrected chi connectivity index (χ1v) is 6.10. The zero-order chi connectivity index (χ0) is 12.6. The van der Waals surface area contributed by atoms with Crippen LogP contribution in [-0.2, 0) is 4.79 Å². The molecule has 2 heterocycles. The number of carbonyl (C=O) groups is 1. The van der Waals surface area contributed by atoms with Gasteiger partial charge in [-0.05, 0) is 6.07 Å². The number of carboxylic acid groups (broad SMARTS) is 1. The topological polar surface area (TPSA) is 70.6 Å². The predicted molar refractivity (Wildman–Crippen MR) is 65.7 cm³/mol. The molecule has 0 aromatic heterocycles. The van der Waals surface area contributed by atoms with Crippen molar-refractivity contribution in [2.24, 2.45) is 0 Å². The van der Waals surface area contributed by atoms with Gasteiger partial charge in [0.2, 0.25) is 0 Å². The Morgan fingerprint density at radius 2 is 2.28 bits per heavy atom. The zero-order valence-electron chi connectivity index (χ0n) is 9.98. The molecule has 3 rings (SSSR count). The molecule has 5 heteroatoms. The highest BCUT2D eigenvalue weighted by Crippen LogP contribution is 2.34. The number of rotatable bonds is 4. The number of para-hydroxylation sites is 1. The highest BCUT2D eigenvalue weighted by molar-refractivity contribution is 5.69. The van der Waals surface area contributed by atoms with E-state index in [9.17, 15) is 4.79 Å². The van der Waals surface area contributed by atoms with Crippen LogP contribution in [0.1, 0.15) is 18.0 Å². The highest BCUT2D eigenvalue weighted by atomic mass is 16.5. The van der Waals surface area contributed by atoms with E-state index < -0.39 is 5.97 Å². The highest BCUT2D eigenvalue weighted by Gasteiger charge is 2.42. The van der Waals surface area contributed by atoms with E-state index in [0.717, 1.165) is 11.3 Å². The first kappa shape index (κ1) is 11.5. The van der Waals surface area contributed by atoms with Gasteiger partial charge in [0.25, 0.3) is 0 Å². The average Bonchev–Trinajstić information content (AvgIpc) is 2.69. The minimum absolute atomic E-state index is 0.0858. The largest absolute Gasteiger partial charge is 0.491 e. The van der Waals surface area contributed by atoms with E-state index in [2.05, 4.69) is 10.6 Å². The number of carboxylic acids is 1. The van der Waals surface area contributed by atoms with Gasteiger partial charge in [-0.3, -0.25) is 10.1 Å². The number of hydrogen-bond acceptors (Lipinski definition) is 4. The molecule has 0 saturated carbocycles. The van der Waals surface area contributed by atoms with Gasteiger partial charge in [0.15, 0.2) is 0 Å². The van der Waals surface area contributed by atoms with Gasteiger partial charge in [-0.25, -0.2) is 0 Å². The van der Waals surface area contributed by atoms with Gasteiger partial charge in [-0.1, -0.05) is 18.2 Å². The Hall–Kier alpha value is -1.59. The lowest BCUT2D eigenvalue weighted by Gasteiger charge is -2.44. The van der Waals surface area contributed by atoms with Crippen LogP contribution in [0.15, 0.2) is 24.3 Å². The normalized spacial score (nSPS) is 23.9. The molecule has 1 fully saturated rings. The number of benzene rings is 1. The van der Waals surface area contributed by atoms with Crippen LogP contribution in [0, 0.1) is 0 Å². The lowest BCUT2D eigenvalue weighted by atomic mass is 9.87. The lowest BCUT2D eigenvalue weighted by molar-refractivity contribution is -0.139. The summed E-state index contributed by atoms with van der Waals surface area (Å²) in [5.74, 6) is 0.129. The fraction of sp³-hybridized carbons (Fsp3) is 0.462. The number of fused-ring (bicyclic) bond motifs is 1. The Balaban J connectivity index is 1.75. The van der Waals surface area contributed by atoms with Crippen LogP contribution in [-0.4, -0.2) is 36.3 Å². The maximum Gasteiger partial charge on any atom is 0.305 e. The summed E-state index contributed by atoms with van der Waals surface area (Å²) in [6.07, 6.45) is 0.138. The van der Waals surface area contributed by atoms with Crippen molar-refractivity contribution in [3.8, 4) is 5.75 Å². The van der Waals surface area contributed by atoms with Crippen molar-refractivity contribution in [3.05, 3.63) is 29.8 Å². The van der Waals surface area contributed by atoms with E-state index in [4.69, 9.17) is 9.84 Å². The van der Waals surface area contributed by atoms with Crippen molar-refractivity contribution in [2.45, 2.75) is 18.0 Å². The van der Waals surface area contributed by atoms with E-state index in [0.29, 0.717) is 19.7 Å². The molecule has 1 unspecified atom stereocenters. The second-order valence-electron chi connectivity index (χ2n) is 5.00. The zero-order valence-corrected chi connectivity index (χ0v) is 9.98. The van der Waals surface area contributed by atoms with Crippen molar-refractivity contribution < 1.29 is 14.6 Å². The second-order valence-corrected chi connectivity index (χ2v) is 5.00. The van der Waals surface area contributed by atoms with Gasteiger partial charge in [0.05, 0.1) is 18.0 Å². The fourth-order valence-electron chi connectivity index (χ4n) is 2.65. The van der Waals surface area contributed by atoms with Gasteiger partial charge < -0.3 is 15.2 Å². The van der Waals surface area contributed by atoms with Crippen LogP contribution in [0.25, 0.3) is 0 Å². The Morgan fingerprint density at radius 1 is 1.50 bits per heavy atom. The first-order valence-electron chi connectivity index (χ1n) is 6.10. The molecule has 0 spiro atoms. The molecular formula is C13H16N2O3. The molecule has 5 nitrogen and oxygen atoms in total. The maximum atomic E-state index is 10.9. The van der Waals surface area contributed by atoms with Crippen molar-refractivity contribution in [3.63, 3.8) is 0 Å². The summed E-state index contributed by atoms with van der Waals surface area (Å²) >= 11 is 0. The summed E-state index contributed by atoms with van der Waals surface area (Å²) in [6, 6.07) is 7.98. The van der Waals surface area contributed by atoms with E-state index in [1.165, 1.54) is 0 Å². The molecular weight excluding hydrogens is 232 g/mol. The molecule has 0 radical (unpaired) electrons.